The van der Waals surface area contributed by atoms with E-state index in [2.05, 4.69) is 54.8 Å². The average Bonchev–Trinajstić information content (AvgIpc) is 2.79. The summed E-state index contributed by atoms with van der Waals surface area (Å²) in [6, 6.07) is 26.2. The van der Waals surface area contributed by atoms with Gasteiger partial charge in [-0.25, -0.2) is 4.98 Å². The van der Waals surface area contributed by atoms with Crippen molar-refractivity contribution in [1.29, 1.82) is 0 Å². The predicted octanol–water partition coefficient (Wildman–Crippen LogP) is 5.82. The molecule has 4 aromatic rings. The lowest BCUT2D eigenvalue weighted by Gasteiger charge is -2.12. The quantitative estimate of drug-likeness (QED) is 0.404. The number of benzene rings is 3. The number of aryl methyl sites for hydroxylation is 2. The van der Waals surface area contributed by atoms with E-state index in [1.165, 1.54) is 16.7 Å². The molecule has 0 atom stereocenters. The molecule has 0 aliphatic carbocycles. The number of hydrogen-bond acceptors (Lipinski definition) is 3. The van der Waals surface area contributed by atoms with E-state index in [9.17, 15) is 4.79 Å². The van der Waals surface area contributed by atoms with Gasteiger partial charge in [0, 0.05) is 17.6 Å². The molecule has 4 rings (SSSR count). The zero-order chi connectivity index (χ0) is 21.6. The monoisotopic (exact) mass is 409 g/mol. The molecule has 1 amide bonds. The van der Waals surface area contributed by atoms with E-state index in [4.69, 9.17) is 4.98 Å². The van der Waals surface area contributed by atoms with Crippen LogP contribution in [0.1, 0.15) is 34.0 Å². The number of rotatable bonds is 7. The molecule has 31 heavy (non-hydrogen) atoms. The fourth-order valence-electron chi connectivity index (χ4n) is 3.68. The number of anilines is 2. The van der Waals surface area contributed by atoms with Gasteiger partial charge in [-0.1, -0.05) is 67.1 Å². The molecular weight excluding hydrogens is 382 g/mol. The Morgan fingerprint density at radius 1 is 0.903 bits per heavy atom. The van der Waals surface area contributed by atoms with Gasteiger partial charge in [0.15, 0.2) is 0 Å². The minimum Gasteiger partial charge on any atom is -0.352 e. The number of amides is 1. The van der Waals surface area contributed by atoms with Crippen LogP contribution in [0.4, 0.5) is 11.5 Å². The van der Waals surface area contributed by atoms with Gasteiger partial charge in [-0.15, -0.1) is 0 Å². The lowest BCUT2D eigenvalue weighted by atomic mass is 10.1. The van der Waals surface area contributed by atoms with E-state index in [1.54, 1.807) is 0 Å². The van der Waals surface area contributed by atoms with Crippen molar-refractivity contribution in [3.63, 3.8) is 0 Å². The van der Waals surface area contributed by atoms with Crippen molar-refractivity contribution >= 4 is 28.3 Å². The molecule has 0 bridgehead atoms. The SMILES string of the molecule is CCc1ccc(Nc2cc(C(=O)NCCc3cccc(C)c3)c3ccccc3n2)cc1. The molecule has 0 saturated carbocycles. The zero-order valence-corrected chi connectivity index (χ0v) is 18.0. The molecular formula is C27H27N3O. The first-order chi connectivity index (χ1) is 15.1. The highest BCUT2D eigenvalue weighted by atomic mass is 16.1. The van der Waals surface area contributed by atoms with Gasteiger partial charge in [-0.05, 0) is 55.2 Å². The highest BCUT2D eigenvalue weighted by molar-refractivity contribution is 6.07. The van der Waals surface area contributed by atoms with Crippen molar-refractivity contribution in [3.8, 4) is 0 Å². The number of carbonyl (C=O) groups excluding carboxylic acids is 1. The number of carbonyl (C=O) groups is 1. The lowest BCUT2D eigenvalue weighted by molar-refractivity contribution is 0.0956. The minimum atomic E-state index is -0.0874. The molecule has 4 nitrogen and oxygen atoms in total. The molecule has 0 fully saturated rings. The summed E-state index contributed by atoms with van der Waals surface area (Å²) in [7, 11) is 0. The van der Waals surface area contributed by atoms with Crippen LogP contribution in [0.3, 0.4) is 0 Å². The molecule has 1 heterocycles. The third kappa shape index (κ3) is 5.10. The van der Waals surface area contributed by atoms with Crippen LogP contribution in [0.2, 0.25) is 0 Å². The van der Waals surface area contributed by atoms with Crippen molar-refractivity contribution in [2.45, 2.75) is 26.7 Å². The predicted molar refractivity (Wildman–Crippen MR) is 128 cm³/mol. The Hall–Kier alpha value is -3.66. The second kappa shape index (κ2) is 9.43. The summed E-state index contributed by atoms with van der Waals surface area (Å²) in [6.07, 6.45) is 1.80. The maximum Gasteiger partial charge on any atom is 0.252 e. The van der Waals surface area contributed by atoms with E-state index in [0.717, 1.165) is 29.4 Å². The summed E-state index contributed by atoms with van der Waals surface area (Å²) < 4.78 is 0. The largest absolute Gasteiger partial charge is 0.352 e. The first-order valence-corrected chi connectivity index (χ1v) is 10.7. The first kappa shape index (κ1) is 20.6. The first-order valence-electron chi connectivity index (χ1n) is 10.7. The summed E-state index contributed by atoms with van der Waals surface area (Å²) in [5.41, 5.74) is 6.10. The van der Waals surface area contributed by atoms with Gasteiger partial charge < -0.3 is 10.6 Å². The van der Waals surface area contributed by atoms with Crippen LogP contribution < -0.4 is 10.6 Å². The molecule has 2 N–H and O–H groups in total. The van der Waals surface area contributed by atoms with Gasteiger partial charge in [0.2, 0.25) is 0 Å². The van der Waals surface area contributed by atoms with E-state index >= 15 is 0 Å². The number of pyridine rings is 1. The second-order valence-electron chi connectivity index (χ2n) is 7.74. The lowest BCUT2D eigenvalue weighted by Crippen LogP contribution is -2.26. The van der Waals surface area contributed by atoms with Crippen LogP contribution in [-0.2, 0) is 12.8 Å². The molecule has 1 aromatic heterocycles. The Kier molecular flexibility index (Phi) is 6.27. The summed E-state index contributed by atoms with van der Waals surface area (Å²) in [5.74, 6) is 0.572. The molecule has 3 aromatic carbocycles. The number of fused-ring (bicyclic) bond motifs is 1. The van der Waals surface area contributed by atoms with Crippen LogP contribution in [0.5, 0.6) is 0 Å². The van der Waals surface area contributed by atoms with Gasteiger partial charge in [0.25, 0.3) is 5.91 Å². The van der Waals surface area contributed by atoms with E-state index in [1.807, 2.05) is 48.5 Å². The van der Waals surface area contributed by atoms with Crippen LogP contribution in [0, 0.1) is 6.92 Å². The van der Waals surface area contributed by atoms with Crippen molar-refractivity contribution < 1.29 is 4.79 Å². The fraction of sp³-hybridized carbons (Fsp3) is 0.185. The van der Waals surface area contributed by atoms with Crippen molar-refractivity contribution in [2.75, 3.05) is 11.9 Å². The zero-order valence-electron chi connectivity index (χ0n) is 18.0. The summed E-state index contributed by atoms with van der Waals surface area (Å²) in [6.45, 7) is 4.80. The van der Waals surface area contributed by atoms with E-state index in [0.29, 0.717) is 17.9 Å². The van der Waals surface area contributed by atoms with Crippen LogP contribution in [0.25, 0.3) is 10.9 Å². The number of aromatic nitrogens is 1. The van der Waals surface area contributed by atoms with Crippen LogP contribution in [-0.4, -0.2) is 17.4 Å². The van der Waals surface area contributed by atoms with Gasteiger partial charge >= 0.3 is 0 Å². The van der Waals surface area contributed by atoms with E-state index < -0.39 is 0 Å². The Morgan fingerprint density at radius 2 is 1.71 bits per heavy atom. The van der Waals surface area contributed by atoms with Gasteiger partial charge in [-0.3, -0.25) is 4.79 Å². The Bertz CT molecular complexity index is 1200. The minimum absolute atomic E-state index is 0.0874. The van der Waals surface area contributed by atoms with Crippen molar-refractivity contribution in [1.82, 2.24) is 10.3 Å². The summed E-state index contributed by atoms with van der Waals surface area (Å²) >= 11 is 0. The molecule has 0 aliphatic heterocycles. The molecule has 0 unspecified atom stereocenters. The number of nitrogens with one attached hydrogen (secondary N) is 2. The molecule has 0 spiro atoms. The number of nitrogens with zero attached hydrogens (tertiary/aromatic N) is 1. The molecule has 156 valence electrons. The van der Waals surface area contributed by atoms with Crippen molar-refractivity contribution in [3.05, 3.63) is 101 Å². The highest BCUT2D eigenvalue weighted by Crippen LogP contribution is 2.23. The van der Waals surface area contributed by atoms with Crippen LogP contribution >= 0.6 is 0 Å². The average molecular weight is 410 g/mol. The van der Waals surface area contributed by atoms with Gasteiger partial charge in [-0.2, -0.15) is 0 Å². The van der Waals surface area contributed by atoms with Crippen LogP contribution in [0.15, 0.2) is 78.9 Å². The van der Waals surface area contributed by atoms with Crippen molar-refractivity contribution in [2.24, 2.45) is 0 Å². The molecule has 0 aliphatic rings. The number of hydrogen-bond donors (Lipinski definition) is 2. The smallest absolute Gasteiger partial charge is 0.252 e. The van der Waals surface area contributed by atoms with E-state index in [-0.39, 0.29) is 5.91 Å². The Balaban J connectivity index is 1.54. The second-order valence-corrected chi connectivity index (χ2v) is 7.74. The fourth-order valence-corrected chi connectivity index (χ4v) is 3.68. The maximum atomic E-state index is 13.0. The molecule has 0 saturated heterocycles. The molecule has 4 heteroatoms. The third-order valence-corrected chi connectivity index (χ3v) is 5.38. The normalized spacial score (nSPS) is 10.8. The molecule has 0 radical (unpaired) electrons. The third-order valence-electron chi connectivity index (χ3n) is 5.38. The number of para-hydroxylation sites is 1. The van der Waals surface area contributed by atoms with Gasteiger partial charge in [0.1, 0.15) is 5.82 Å². The Labute approximate surface area is 183 Å². The topological polar surface area (TPSA) is 54.0 Å². The highest BCUT2D eigenvalue weighted by Gasteiger charge is 2.13. The maximum absolute atomic E-state index is 13.0. The summed E-state index contributed by atoms with van der Waals surface area (Å²) in [5, 5.41) is 7.26. The Morgan fingerprint density at radius 3 is 2.48 bits per heavy atom. The van der Waals surface area contributed by atoms with Gasteiger partial charge in [0.05, 0.1) is 11.1 Å². The standard InChI is InChI=1S/C27H27N3O/c1-3-20-11-13-22(14-12-20)29-26-18-24(23-9-4-5-10-25(23)30-26)27(31)28-16-15-21-8-6-7-19(2)17-21/h4-14,17-18H,3,15-16H2,1-2H3,(H,28,31)(H,29,30). The summed E-state index contributed by atoms with van der Waals surface area (Å²) in [4.78, 5) is 17.7.